The first-order chi connectivity index (χ1) is 19.2. The summed E-state index contributed by atoms with van der Waals surface area (Å²) in [6.45, 7) is 6.50. The van der Waals surface area contributed by atoms with Crippen molar-refractivity contribution in [2.45, 2.75) is 52.5 Å². The molecule has 0 bridgehead atoms. The Balaban J connectivity index is 1.61. The highest BCUT2D eigenvalue weighted by Gasteiger charge is 2.50. The van der Waals surface area contributed by atoms with Crippen molar-refractivity contribution in [3.05, 3.63) is 71.6 Å². The molecule has 3 aromatic rings. The first kappa shape index (κ1) is 30.1. The molecule has 0 atom stereocenters. The van der Waals surface area contributed by atoms with E-state index in [1.165, 1.54) is 6.92 Å². The first-order valence-corrected chi connectivity index (χ1v) is 13.1. The maximum absolute atomic E-state index is 12.9. The highest BCUT2D eigenvalue weighted by atomic mass is 16.6. The van der Waals surface area contributed by atoms with Crippen LogP contribution in [0.25, 0.3) is 11.5 Å². The lowest BCUT2D eigenvalue weighted by Gasteiger charge is -2.29. The monoisotopic (exact) mass is 550 g/mol. The molecule has 40 heavy (non-hydrogen) atoms. The molecule has 1 amide bonds. The van der Waals surface area contributed by atoms with Gasteiger partial charge in [0.15, 0.2) is 5.78 Å². The maximum Gasteiger partial charge on any atom is 0.343 e. The number of hydrogen-bond donors (Lipinski definition) is 1. The Bertz CT molecular complexity index is 1300. The standard InChI is InChI=1S/C30H34N2O8/c1-5-37-28(35)30(32-21(4)33,29(36)38-6-2)18-16-26(34)22-12-14-24(15-13-22)39-19-17-25-20(3)40-27(31-25)23-10-8-7-9-11-23/h7-15H,5-6,16-19H2,1-4H3,(H,32,33). The molecule has 0 fully saturated rings. The average Bonchev–Trinajstić information content (AvgIpc) is 3.32. The Hall–Kier alpha value is -4.47. The molecule has 0 spiro atoms. The third-order valence-electron chi connectivity index (χ3n) is 6.06. The fourth-order valence-electron chi connectivity index (χ4n) is 4.07. The minimum absolute atomic E-state index is 0.0145. The molecule has 0 aliphatic heterocycles. The molecule has 1 aromatic heterocycles. The summed E-state index contributed by atoms with van der Waals surface area (Å²) >= 11 is 0. The lowest BCUT2D eigenvalue weighted by molar-refractivity contribution is -0.168. The van der Waals surface area contributed by atoms with Gasteiger partial charge < -0.3 is 23.9 Å². The summed E-state index contributed by atoms with van der Waals surface area (Å²) in [5.41, 5.74) is -0.0547. The zero-order valence-electron chi connectivity index (χ0n) is 23.2. The molecule has 1 heterocycles. The number of aromatic nitrogens is 1. The number of ether oxygens (including phenoxy) is 3. The Labute approximate surface area is 233 Å². The van der Waals surface area contributed by atoms with Gasteiger partial charge in [-0.3, -0.25) is 9.59 Å². The molecule has 0 aliphatic carbocycles. The Kier molecular flexibility index (Phi) is 10.6. The zero-order chi connectivity index (χ0) is 29.1. The second-order valence-corrected chi connectivity index (χ2v) is 8.96. The van der Waals surface area contributed by atoms with Gasteiger partial charge in [-0.15, -0.1) is 0 Å². The van der Waals surface area contributed by atoms with Gasteiger partial charge in [0.1, 0.15) is 11.5 Å². The number of carbonyl (C=O) groups is 4. The summed E-state index contributed by atoms with van der Waals surface area (Å²) in [6, 6.07) is 16.2. The van der Waals surface area contributed by atoms with Crippen LogP contribution in [-0.4, -0.2) is 54.0 Å². The van der Waals surface area contributed by atoms with Crippen molar-refractivity contribution in [1.29, 1.82) is 0 Å². The topological polar surface area (TPSA) is 134 Å². The SMILES string of the molecule is CCOC(=O)C(CCC(=O)c1ccc(OCCc2nc(-c3ccccc3)oc2C)cc1)(NC(C)=O)C(=O)OCC. The summed E-state index contributed by atoms with van der Waals surface area (Å²) in [5.74, 6) is -1.06. The molecule has 2 aromatic carbocycles. The van der Waals surface area contributed by atoms with Crippen LogP contribution in [0.3, 0.4) is 0 Å². The minimum atomic E-state index is -2.11. The number of Topliss-reactive ketones (excluding diaryl/α,β-unsaturated/α-hetero) is 1. The van der Waals surface area contributed by atoms with Crippen molar-refractivity contribution < 1.29 is 37.8 Å². The van der Waals surface area contributed by atoms with Gasteiger partial charge in [0.2, 0.25) is 17.3 Å². The van der Waals surface area contributed by atoms with Crippen molar-refractivity contribution >= 4 is 23.6 Å². The van der Waals surface area contributed by atoms with Crippen molar-refractivity contribution in [1.82, 2.24) is 10.3 Å². The van der Waals surface area contributed by atoms with Crippen LogP contribution < -0.4 is 10.1 Å². The number of oxazole rings is 1. The first-order valence-electron chi connectivity index (χ1n) is 13.1. The maximum atomic E-state index is 12.9. The molecule has 0 aliphatic rings. The number of ketones is 1. The Morgan fingerprint density at radius 2 is 1.55 bits per heavy atom. The normalized spacial score (nSPS) is 11.0. The number of nitrogens with zero attached hydrogens (tertiary/aromatic N) is 1. The molecule has 212 valence electrons. The number of hydrogen-bond acceptors (Lipinski definition) is 9. The number of nitrogens with one attached hydrogen (secondary N) is 1. The summed E-state index contributed by atoms with van der Waals surface area (Å²) in [6.07, 6.45) is 0.00640. The van der Waals surface area contributed by atoms with Gasteiger partial charge >= 0.3 is 11.9 Å². The molecule has 0 saturated carbocycles. The predicted molar refractivity (Wildman–Crippen MR) is 146 cm³/mol. The molecular formula is C30H34N2O8. The molecular weight excluding hydrogens is 516 g/mol. The lowest BCUT2D eigenvalue weighted by Crippen LogP contribution is -2.61. The second-order valence-electron chi connectivity index (χ2n) is 8.96. The number of benzene rings is 2. The average molecular weight is 551 g/mol. The fourth-order valence-corrected chi connectivity index (χ4v) is 4.07. The van der Waals surface area contributed by atoms with Crippen LogP contribution in [0, 0.1) is 6.92 Å². The molecule has 10 nitrogen and oxygen atoms in total. The van der Waals surface area contributed by atoms with E-state index in [2.05, 4.69) is 10.3 Å². The number of amides is 1. The summed E-state index contributed by atoms with van der Waals surface area (Å²) in [4.78, 5) is 54.8. The van der Waals surface area contributed by atoms with E-state index in [1.54, 1.807) is 38.1 Å². The van der Waals surface area contributed by atoms with E-state index in [9.17, 15) is 19.2 Å². The third-order valence-corrected chi connectivity index (χ3v) is 6.06. The number of esters is 2. The van der Waals surface area contributed by atoms with Crippen LogP contribution in [-0.2, 0) is 30.3 Å². The van der Waals surface area contributed by atoms with Crippen LogP contribution in [0.15, 0.2) is 59.0 Å². The highest BCUT2D eigenvalue weighted by Crippen LogP contribution is 2.23. The van der Waals surface area contributed by atoms with Gasteiger partial charge in [-0.1, -0.05) is 18.2 Å². The zero-order valence-corrected chi connectivity index (χ0v) is 23.2. The van der Waals surface area contributed by atoms with E-state index in [0.717, 1.165) is 17.0 Å². The number of carbonyl (C=O) groups excluding carboxylic acids is 4. The largest absolute Gasteiger partial charge is 0.493 e. The van der Waals surface area contributed by atoms with Crippen molar-refractivity contribution in [3.8, 4) is 17.2 Å². The van der Waals surface area contributed by atoms with Crippen LogP contribution in [0.2, 0.25) is 0 Å². The van der Waals surface area contributed by atoms with Crippen LogP contribution in [0.5, 0.6) is 5.75 Å². The number of rotatable bonds is 14. The molecule has 0 radical (unpaired) electrons. The molecule has 0 unspecified atom stereocenters. The Morgan fingerprint density at radius 3 is 2.12 bits per heavy atom. The van der Waals surface area contributed by atoms with Crippen molar-refractivity contribution in [3.63, 3.8) is 0 Å². The Morgan fingerprint density at radius 1 is 0.925 bits per heavy atom. The second kappa shape index (κ2) is 14.1. The summed E-state index contributed by atoms with van der Waals surface area (Å²) < 4.78 is 21.7. The van der Waals surface area contributed by atoms with Gasteiger partial charge in [0.05, 0.1) is 25.5 Å². The van der Waals surface area contributed by atoms with Crippen LogP contribution in [0.1, 0.15) is 55.4 Å². The van der Waals surface area contributed by atoms with Gasteiger partial charge in [0.25, 0.3) is 0 Å². The van der Waals surface area contributed by atoms with Crippen molar-refractivity contribution in [2.24, 2.45) is 0 Å². The van der Waals surface area contributed by atoms with E-state index >= 15 is 0 Å². The van der Waals surface area contributed by atoms with Crippen LogP contribution in [0.4, 0.5) is 0 Å². The molecule has 10 heteroatoms. The highest BCUT2D eigenvalue weighted by molar-refractivity contribution is 6.08. The van der Waals surface area contributed by atoms with E-state index in [0.29, 0.717) is 30.2 Å². The van der Waals surface area contributed by atoms with E-state index in [-0.39, 0.29) is 31.8 Å². The van der Waals surface area contributed by atoms with Gasteiger partial charge in [-0.2, -0.15) is 0 Å². The molecule has 0 saturated heterocycles. The fraction of sp³-hybridized carbons (Fsp3) is 0.367. The smallest absolute Gasteiger partial charge is 0.343 e. The lowest BCUT2D eigenvalue weighted by atomic mass is 9.90. The summed E-state index contributed by atoms with van der Waals surface area (Å²) in [5, 5.41) is 2.36. The minimum Gasteiger partial charge on any atom is -0.493 e. The molecule has 1 N–H and O–H groups in total. The van der Waals surface area contributed by atoms with Gasteiger partial charge in [-0.05, 0) is 63.6 Å². The summed E-state index contributed by atoms with van der Waals surface area (Å²) in [7, 11) is 0. The third kappa shape index (κ3) is 7.56. The predicted octanol–water partition coefficient (Wildman–Crippen LogP) is 4.24. The van der Waals surface area contributed by atoms with Gasteiger partial charge in [-0.25, -0.2) is 14.6 Å². The van der Waals surface area contributed by atoms with E-state index in [4.69, 9.17) is 18.6 Å². The quantitative estimate of drug-likeness (QED) is 0.178. The molecule has 3 rings (SSSR count). The number of aryl methyl sites for hydroxylation is 1. The van der Waals surface area contributed by atoms with Crippen molar-refractivity contribution in [2.75, 3.05) is 19.8 Å². The van der Waals surface area contributed by atoms with Gasteiger partial charge in [0, 0.05) is 30.9 Å². The van der Waals surface area contributed by atoms with E-state index < -0.39 is 23.4 Å². The van der Waals surface area contributed by atoms with E-state index in [1.807, 2.05) is 37.3 Å². The van der Waals surface area contributed by atoms with Crippen LogP contribution >= 0.6 is 0 Å².